The van der Waals surface area contributed by atoms with E-state index in [1.165, 1.54) is 0 Å². The summed E-state index contributed by atoms with van der Waals surface area (Å²) in [5.41, 5.74) is 5.39. The molecule has 0 saturated heterocycles. The third-order valence-corrected chi connectivity index (χ3v) is 2.64. The van der Waals surface area contributed by atoms with Gasteiger partial charge in [0.05, 0.1) is 6.54 Å². The Morgan fingerprint density at radius 1 is 1.65 bits per heavy atom. The second-order valence-corrected chi connectivity index (χ2v) is 4.07. The van der Waals surface area contributed by atoms with Crippen molar-refractivity contribution in [2.24, 2.45) is 12.8 Å². The van der Waals surface area contributed by atoms with E-state index in [0.717, 1.165) is 31.8 Å². The predicted molar refractivity (Wildman–Crippen MR) is 64.4 cm³/mol. The van der Waals surface area contributed by atoms with Crippen LogP contribution in [0.1, 0.15) is 25.1 Å². The Labute approximate surface area is 101 Å². The number of aliphatic carboxylic acids is 1. The molecule has 6 nitrogen and oxygen atoms in total. The molecule has 4 N–H and O–H groups in total. The summed E-state index contributed by atoms with van der Waals surface area (Å²) in [5.74, 6) is 0.0678. The first-order valence-electron chi connectivity index (χ1n) is 5.76. The van der Waals surface area contributed by atoms with E-state index in [0.29, 0.717) is 6.42 Å². The number of nitrogens with zero attached hydrogens (tertiary/aromatic N) is 2. The van der Waals surface area contributed by atoms with Gasteiger partial charge < -0.3 is 20.7 Å². The Bertz CT molecular complexity index is 351. The minimum absolute atomic E-state index is 0.527. The quantitative estimate of drug-likeness (QED) is 0.560. The first-order chi connectivity index (χ1) is 8.11. The summed E-state index contributed by atoms with van der Waals surface area (Å²) in [4.78, 5) is 14.6. The van der Waals surface area contributed by atoms with Crippen LogP contribution in [0, 0.1) is 0 Å². The van der Waals surface area contributed by atoms with Crippen LogP contribution < -0.4 is 11.1 Å². The lowest BCUT2D eigenvalue weighted by Crippen LogP contribution is -2.30. The predicted octanol–water partition coefficient (Wildman–Crippen LogP) is 0.0919. The van der Waals surface area contributed by atoms with Crippen LogP contribution in [-0.4, -0.2) is 33.2 Å². The fraction of sp³-hybridized carbons (Fsp3) is 0.636. The topological polar surface area (TPSA) is 93.2 Å². The molecule has 0 aliphatic carbocycles. The number of hydrogen-bond acceptors (Lipinski definition) is 4. The number of carboxylic acid groups (broad SMARTS) is 1. The van der Waals surface area contributed by atoms with Crippen LogP contribution in [0.25, 0.3) is 0 Å². The highest BCUT2D eigenvalue weighted by atomic mass is 16.4. The second-order valence-electron chi connectivity index (χ2n) is 4.07. The van der Waals surface area contributed by atoms with Crippen molar-refractivity contribution in [3.05, 3.63) is 18.2 Å². The van der Waals surface area contributed by atoms with Gasteiger partial charge in [0.25, 0.3) is 0 Å². The molecule has 0 saturated carbocycles. The Kier molecular flexibility index (Phi) is 5.65. The summed E-state index contributed by atoms with van der Waals surface area (Å²) < 4.78 is 1.97. The first kappa shape index (κ1) is 13.7. The van der Waals surface area contributed by atoms with Crippen LogP contribution in [-0.2, 0) is 18.4 Å². The van der Waals surface area contributed by atoms with Gasteiger partial charge in [0, 0.05) is 19.4 Å². The number of carbonyl (C=O) groups is 1. The summed E-state index contributed by atoms with van der Waals surface area (Å²) in [5, 5.41) is 11.8. The minimum atomic E-state index is -0.925. The van der Waals surface area contributed by atoms with Crippen molar-refractivity contribution < 1.29 is 9.90 Å². The summed E-state index contributed by atoms with van der Waals surface area (Å²) in [6.07, 6.45) is 5.94. The summed E-state index contributed by atoms with van der Waals surface area (Å²) >= 11 is 0. The van der Waals surface area contributed by atoms with Crippen LogP contribution in [0.3, 0.4) is 0 Å². The molecule has 0 spiro atoms. The van der Waals surface area contributed by atoms with E-state index in [2.05, 4.69) is 10.3 Å². The zero-order valence-corrected chi connectivity index (χ0v) is 10.1. The zero-order chi connectivity index (χ0) is 12.7. The number of nitrogens with one attached hydrogen (secondary N) is 1. The number of carboxylic acids is 1. The molecule has 1 aromatic rings. The van der Waals surface area contributed by atoms with Crippen molar-refractivity contribution in [1.82, 2.24) is 14.9 Å². The van der Waals surface area contributed by atoms with Crippen molar-refractivity contribution in [2.75, 3.05) is 6.54 Å². The average Bonchev–Trinajstić information content (AvgIpc) is 2.68. The molecule has 0 aromatic carbocycles. The SMILES string of the molecule is Cn1ccnc1CNCCCCC(N)C(=O)O. The van der Waals surface area contributed by atoms with E-state index < -0.39 is 12.0 Å². The number of unbranched alkanes of at least 4 members (excludes halogenated alkanes) is 1. The van der Waals surface area contributed by atoms with Crippen molar-refractivity contribution >= 4 is 5.97 Å². The molecule has 96 valence electrons. The van der Waals surface area contributed by atoms with Gasteiger partial charge in [-0.1, -0.05) is 6.42 Å². The second kappa shape index (κ2) is 7.03. The van der Waals surface area contributed by atoms with E-state index in [4.69, 9.17) is 10.8 Å². The van der Waals surface area contributed by atoms with E-state index in [-0.39, 0.29) is 0 Å². The Morgan fingerprint density at radius 3 is 3.00 bits per heavy atom. The van der Waals surface area contributed by atoms with Gasteiger partial charge in [-0.25, -0.2) is 4.98 Å². The molecular formula is C11H20N4O2. The number of imidazole rings is 1. The van der Waals surface area contributed by atoms with E-state index in [1.807, 2.05) is 17.8 Å². The zero-order valence-electron chi connectivity index (χ0n) is 10.1. The van der Waals surface area contributed by atoms with Gasteiger partial charge in [-0.05, 0) is 19.4 Å². The highest BCUT2D eigenvalue weighted by Gasteiger charge is 2.09. The highest BCUT2D eigenvalue weighted by Crippen LogP contribution is 1.99. The standard InChI is InChI=1S/C11H20N4O2/c1-15-7-6-14-10(15)8-13-5-3-2-4-9(12)11(16)17/h6-7,9,13H,2-5,8,12H2,1H3,(H,16,17). The van der Waals surface area contributed by atoms with Crippen LogP contribution >= 0.6 is 0 Å². The molecule has 6 heteroatoms. The Morgan fingerprint density at radius 2 is 2.41 bits per heavy atom. The van der Waals surface area contributed by atoms with Gasteiger partial charge in [0.2, 0.25) is 0 Å². The molecule has 0 bridgehead atoms. The Balaban J connectivity index is 2.02. The maximum absolute atomic E-state index is 10.5. The van der Waals surface area contributed by atoms with Gasteiger partial charge in [0.15, 0.2) is 0 Å². The van der Waals surface area contributed by atoms with Crippen LogP contribution in [0.5, 0.6) is 0 Å². The van der Waals surface area contributed by atoms with Gasteiger partial charge in [0.1, 0.15) is 11.9 Å². The van der Waals surface area contributed by atoms with Crippen molar-refractivity contribution in [1.29, 1.82) is 0 Å². The van der Waals surface area contributed by atoms with E-state index >= 15 is 0 Å². The van der Waals surface area contributed by atoms with Gasteiger partial charge in [-0.3, -0.25) is 4.79 Å². The van der Waals surface area contributed by atoms with E-state index in [9.17, 15) is 4.79 Å². The molecule has 1 atom stereocenters. The fourth-order valence-corrected chi connectivity index (χ4v) is 1.50. The fourth-order valence-electron chi connectivity index (χ4n) is 1.50. The van der Waals surface area contributed by atoms with Gasteiger partial charge in [-0.15, -0.1) is 0 Å². The van der Waals surface area contributed by atoms with Crippen LogP contribution in [0.15, 0.2) is 12.4 Å². The number of nitrogens with two attached hydrogens (primary N) is 1. The minimum Gasteiger partial charge on any atom is -0.480 e. The van der Waals surface area contributed by atoms with Crippen molar-refractivity contribution in [3.8, 4) is 0 Å². The molecular weight excluding hydrogens is 220 g/mol. The number of aryl methyl sites for hydroxylation is 1. The van der Waals surface area contributed by atoms with Crippen LogP contribution in [0.4, 0.5) is 0 Å². The lowest BCUT2D eigenvalue weighted by Gasteiger charge is -2.07. The Hall–Kier alpha value is -1.40. The summed E-state index contributed by atoms with van der Waals surface area (Å²) in [6.45, 7) is 1.58. The first-order valence-corrected chi connectivity index (χ1v) is 5.76. The number of hydrogen-bond donors (Lipinski definition) is 3. The normalized spacial score (nSPS) is 12.6. The average molecular weight is 240 g/mol. The molecule has 1 heterocycles. The molecule has 1 rings (SSSR count). The molecule has 0 aliphatic rings. The molecule has 0 radical (unpaired) electrons. The lowest BCUT2D eigenvalue weighted by molar-refractivity contribution is -0.138. The smallest absolute Gasteiger partial charge is 0.320 e. The highest BCUT2D eigenvalue weighted by molar-refractivity contribution is 5.72. The molecule has 1 aromatic heterocycles. The molecule has 0 aliphatic heterocycles. The molecule has 17 heavy (non-hydrogen) atoms. The maximum Gasteiger partial charge on any atom is 0.320 e. The van der Waals surface area contributed by atoms with E-state index in [1.54, 1.807) is 6.20 Å². The third-order valence-electron chi connectivity index (χ3n) is 2.64. The van der Waals surface area contributed by atoms with Crippen molar-refractivity contribution in [2.45, 2.75) is 31.8 Å². The molecule has 1 unspecified atom stereocenters. The van der Waals surface area contributed by atoms with Crippen molar-refractivity contribution in [3.63, 3.8) is 0 Å². The molecule has 0 amide bonds. The summed E-state index contributed by atoms with van der Waals surface area (Å²) in [7, 11) is 1.95. The van der Waals surface area contributed by atoms with Gasteiger partial charge in [-0.2, -0.15) is 0 Å². The van der Waals surface area contributed by atoms with Crippen LogP contribution in [0.2, 0.25) is 0 Å². The number of aromatic nitrogens is 2. The van der Waals surface area contributed by atoms with Gasteiger partial charge >= 0.3 is 5.97 Å². The largest absolute Gasteiger partial charge is 0.480 e. The lowest BCUT2D eigenvalue weighted by atomic mass is 10.1. The number of rotatable bonds is 8. The maximum atomic E-state index is 10.5. The monoisotopic (exact) mass is 240 g/mol. The summed E-state index contributed by atoms with van der Waals surface area (Å²) in [6, 6.07) is -0.732. The third kappa shape index (κ3) is 4.97. The molecule has 0 fully saturated rings.